The highest BCUT2D eigenvalue weighted by molar-refractivity contribution is 6.42. The molecule has 0 atom stereocenters. The molecule has 0 bridgehead atoms. The third kappa shape index (κ3) is 7.74. The van der Waals surface area contributed by atoms with Gasteiger partial charge < -0.3 is 15.5 Å². The van der Waals surface area contributed by atoms with Crippen LogP contribution in [0.2, 0.25) is 10.0 Å². The molecule has 1 aromatic heterocycles. The molecule has 2 N–H and O–H groups in total. The Morgan fingerprint density at radius 1 is 0.947 bits per heavy atom. The predicted octanol–water partition coefficient (Wildman–Crippen LogP) is 7.73. The van der Waals surface area contributed by atoms with E-state index in [9.17, 15) is 9.59 Å². The molecule has 1 heterocycles. The van der Waals surface area contributed by atoms with Gasteiger partial charge in [0.05, 0.1) is 21.4 Å². The topological polar surface area (TPSA) is 79.3 Å². The number of rotatable bonds is 8. The van der Waals surface area contributed by atoms with Crippen LogP contribution in [-0.4, -0.2) is 39.7 Å². The Kier molecular flexibility index (Phi) is 9.49. The highest BCUT2D eigenvalue weighted by Crippen LogP contribution is 2.29. The van der Waals surface area contributed by atoms with E-state index in [0.29, 0.717) is 39.7 Å². The Hall–Kier alpha value is -3.03. The number of halogens is 2. The largest absolute Gasteiger partial charge is 0.322 e. The molecular formula is C29H37Cl2N5O2. The first-order valence-electron chi connectivity index (χ1n) is 12.8. The minimum atomic E-state index is -0.336. The number of hydrogen-bond donors (Lipinski definition) is 2. The summed E-state index contributed by atoms with van der Waals surface area (Å²) in [4.78, 5) is 27.9. The van der Waals surface area contributed by atoms with Crippen molar-refractivity contribution >= 4 is 46.6 Å². The van der Waals surface area contributed by atoms with E-state index in [0.717, 1.165) is 5.69 Å². The van der Waals surface area contributed by atoms with Gasteiger partial charge in [0.2, 0.25) is 5.91 Å². The van der Waals surface area contributed by atoms with E-state index in [1.165, 1.54) is 10.5 Å². The monoisotopic (exact) mass is 557 g/mol. The summed E-state index contributed by atoms with van der Waals surface area (Å²) < 4.78 is 1.63. The molecule has 9 heteroatoms. The average Bonchev–Trinajstić information content (AvgIpc) is 3.24. The Balaban J connectivity index is 1.81. The quantitative estimate of drug-likeness (QED) is 0.297. The predicted molar refractivity (Wildman–Crippen MR) is 157 cm³/mol. The van der Waals surface area contributed by atoms with E-state index in [-0.39, 0.29) is 29.8 Å². The van der Waals surface area contributed by atoms with Gasteiger partial charge in [-0.1, -0.05) is 83.8 Å². The highest BCUT2D eigenvalue weighted by atomic mass is 35.5. The molecule has 0 saturated carbocycles. The second-order valence-corrected chi connectivity index (χ2v) is 12.0. The van der Waals surface area contributed by atoms with Gasteiger partial charge in [-0.25, -0.2) is 9.48 Å². The molecule has 38 heavy (non-hydrogen) atoms. The third-order valence-electron chi connectivity index (χ3n) is 5.93. The molecule has 0 aliphatic rings. The van der Waals surface area contributed by atoms with Crippen LogP contribution in [0.15, 0.2) is 48.5 Å². The molecular weight excluding hydrogens is 521 g/mol. The van der Waals surface area contributed by atoms with Gasteiger partial charge in [0, 0.05) is 23.7 Å². The molecule has 0 saturated heterocycles. The number of nitrogens with one attached hydrogen (secondary N) is 2. The average molecular weight is 559 g/mol. The summed E-state index contributed by atoms with van der Waals surface area (Å²) in [5.41, 5.74) is 3.07. The molecule has 7 nitrogen and oxygen atoms in total. The smallest absolute Gasteiger partial charge is 0.315 e. The Bertz CT molecular complexity index is 1280. The van der Waals surface area contributed by atoms with Crippen molar-refractivity contribution in [3.63, 3.8) is 0 Å². The maximum Gasteiger partial charge on any atom is 0.322 e. The van der Waals surface area contributed by atoms with Crippen LogP contribution in [0.1, 0.15) is 65.6 Å². The number of urea groups is 1. The molecule has 0 aliphatic carbocycles. The standard InChI is InChI=1S/C29H37Cl2N5O2/c1-18(2)16-35(28(38)32-21-10-8-20(9-11-21)19(3)4)17-27(37)33-26-15-25(29(5,6)7)34-36(26)22-12-13-23(30)24(31)14-22/h8-15,18-19H,16-17H2,1-7H3,(H,32,38)(H,33,37). The minimum Gasteiger partial charge on any atom is -0.315 e. The first-order chi connectivity index (χ1) is 17.7. The Morgan fingerprint density at radius 3 is 2.16 bits per heavy atom. The number of anilines is 2. The van der Waals surface area contributed by atoms with E-state index in [1.54, 1.807) is 22.9 Å². The van der Waals surface area contributed by atoms with E-state index >= 15 is 0 Å². The van der Waals surface area contributed by atoms with Crippen LogP contribution in [0.4, 0.5) is 16.3 Å². The second-order valence-electron chi connectivity index (χ2n) is 11.2. The van der Waals surface area contributed by atoms with Crippen molar-refractivity contribution in [3.05, 3.63) is 69.8 Å². The lowest BCUT2D eigenvalue weighted by Gasteiger charge is -2.24. The number of carbonyl (C=O) groups excluding carboxylic acids is 2. The molecule has 0 unspecified atom stereocenters. The van der Waals surface area contributed by atoms with Crippen molar-refractivity contribution < 1.29 is 9.59 Å². The van der Waals surface area contributed by atoms with Gasteiger partial charge in [0.1, 0.15) is 12.4 Å². The highest BCUT2D eigenvalue weighted by Gasteiger charge is 2.24. The van der Waals surface area contributed by atoms with E-state index in [4.69, 9.17) is 28.3 Å². The van der Waals surface area contributed by atoms with Crippen molar-refractivity contribution in [3.8, 4) is 5.69 Å². The molecule has 2 aromatic carbocycles. The van der Waals surface area contributed by atoms with Crippen LogP contribution in [0.5, 0.6) is 0 Å². The summed E-state index contributed by atoms with van der Waals surface area (Å²) in [7, 11) is 0. The van der Waals surface area contributed by atoms with Crippen LogP contribution < -0.4 is 10.6 Å². The molecule has 3 aromatic rings. The Labute approximate surface area is 235 Å². The fraction of sp³-hybridized carbons (Fsp3) is 0.414. The maximum atomic E-state index is 13.2. The van der Waals surface area contributed by atoms with Crippen LogP contribution in [-0.2, 0) is 10.2 Å². The molecule has 0 radical (unpaired) electrons. The number of aromatic nitrogens is 2. The second kappa shape index (κ2) is 12.2. The SMILES string of the molecule is CC(C)CN(CC(=O)Nc1cc(C(C)(C)C)nn1-c1ccc(Cl)c(Cl)c1)C(=O)Nc1ccc(C(C)C)cc1. The third-order valence-corrected chi connectivity index (χ3v) is 6.67. The summed E-state index contributed by atoms with van der Waals surface area (Å²) in [6.07, 6.45) is 0. The van der Waals surface area contributed by atoms with Gasteiger partial charge in [-0.05, 0) is 47.7 Å². The summed E-state index contributed by atoms with van der Waals surface area (Å²) in [5.74, 6) is 0.716. The fourth-order valence-corrected chi connectivity index (χ4v) is 4.11. The maximum absolute atomic E-state index is 13.2. The van der Waals surface area contributed by atoms with Crippen LogP contribution >= 0.6 is 23.2 Å². The molecule has 0 aliphatic heterocycles. The van der Waals surface area contributed by atoms with E-state index in [2.05, 4.69) is 24.5 Å². The summed E-state index contributed by atoms with van der Waals surface area (Å²) >= 11 is 12.4. The zero-order chi connectivity index (χ0) is 28.2. The van der Waals surface area contributed by atoms with Gasteiger partial charge in [-0.3, -0.25) is 4.79 Å². The fourth-order valence-electron chi connectivity index (χ4n) is 3.82. The van der Waals surface area contributed by atoms with Gasteiger partial charge in [0.15, 0.2) is 0 Å². The van der Waals surface area contributed by atoms with Crippen LogP contribution in [0, 0.1) is 5.92 Å². The molecule has 3 amide bonds. The van der Waals surface area contributed by atoms with E-state index in [1.807, 2.05) is 65.0 Å². The van der Waals surface area contributed by atoms with Crippen LogP contribution in [0.25, 0.3) is 5.69 Å². The van der Waals surface area contributed by atoms with Crippen molar-refractivity contribution in [1.29, 1.82) is 0 Å². The number of amides is 3. The lowest BCUT2D eigenvalue weighted by atomic mass is 9.92. The van der Waals surface area contributed by atoms with E-state index < -0.39 is 0 Å². The minimum absolute atomic E-state index is 0.120. The number of nitrogens with zero attached hydrogens (tertiary/aromatic N) is 3. The first-order valence-corrected chi connectivity index (χ1v) is 13.5. The van der Waals surface area contributed by atoms with Gasteiger partial charge >= 0.3 is 6.03 Å². The zero-order valence-electron chi connectivity index (χ0n) is 23.1. The van der Waals surface area contributed by atoms with Crippen molar-refractivity contribution in [1.82, 2.24) is 14.7 Å². The van der Waals surface area contributed by atoms with Gasteiger partial charge in [-0.15, -0.1) is 0 Å². The van der Waals surface area contributed by atoms with Crippen LogP contribution in [0.3, 0.4) is 0 Å². The molecule has 3 rings (SSSR count). The lowest BCUT2D eigenvalue weighted by molar-refractivity contribution is -0.116. The number of carbonyl (C=O) groups is 2. The molecule has 0 spiro atoms. The normalized spacial score (nSPS) is 11.7. The zero-order valence-corrected chi connectivity index (χ0v) is 24.6. The molecule has 0 fully saturated rings. The summed E-state index contributed by atoms with van der Waals surface area (Å²) in [5, 5.41) is 11.4. The number of hydrogen-bond acceptors (Lipinski definition) is 3. The first kappa shape index (κ1) is 29.5. The Morgan fingerprint density at radius 2 is 1.61 bits per heavy atom. The lowest BCUT2D eigenvalue weighted by Crippen LogP contribution is -2.42. The number of benzene rings is 2. The van der Waals surface area contributed by atoms with Gasteiger partial charge in [0.25, 0.3) is 0 Å². The summed E-state index contributed by atoms with van der Waals surface area (Å²) in [6.45, 7) is 14.7. The summed E-state index contributed by atoms with van der Waals surface area (Å²) in [6, 6.07) is 14.4. The molecule has 204 valence electrons. The van der Waals surface area contributed by atoms with Crippen molar-refractivity contribution in [2.75, 3.05) is 23.7 Å². The van der Waals surface area contributed by atoms with Gasteiger partial charge in [-0.2, -0.15) is 5.10 Å². The van der Waals surface area contributed by atoms with Crippen molar-refractivity contribution in [2.24, 2.45) is 5.92 Å². The van der Waals surface area contributed by atoms with Crippen molar-refractivity contribution in [2.45, 2.75) is 59.8 Å².